The normalized spacial score (nSPS) is 12.2. The molecule has 124 valence electrons. The van der Waals surface area contributed by atoms with Crippen molar-refractivity contribution in [2.75, 3.05) is 27.7 Å². The number of nitrogens with zero attached hydrogens (tertiary/aromatic N) is 1. The fourth-order valence-electron chi connectivity index (χ4n) is 2.55. The summed E-state index contributed by atoms with van der Waals surface area (Å²) >= 11 is 0. The molecule has 4 heteroatoms. The van der Waals surface area contributed by atoms with E-state index in [2.05, 4.69) is 54.6 Å². The van der Waals surface area contributed by atoms with Gasteiger partial charge in [0.2, 0.25) is 0 Å². The van der Waals surface area contributed by atoms with Crippen LogP contribution in [0.2, 0.25) is 0 Å². The summed E-state index contributed by atoms with van der Waals surface area (Å²) in [4.78, 5) is 13.3. The predicted molar refractivity (Wildman–Crippen MR) is 91.1 cm³/mol. The van der Waals surface area contributed by atoms with Gasteiger partial charge in [0.1, 0.15) is 0 Å². The molecule has 4 nitrogen and oxygen atoms in total. The summed E-state index contributed by atoms with van der Waals surface area (Å²) in [6.45, 7) is 0.479. The molecule has 0 aliphatic carbocycles. The van der Waals surface area contributed by atoms with Gasteiger partial charge in [0, 0.05) is 13.1 Å². The molecule has 1 N–H and O–H groups in total. The van der Waals surface area contributed by atoms with E-state index in [1.807, 2.05) is 0 Å². The first kappa shape index (κ1) is 18.5. The zero-order chi connectivity index (χ0) is 16.2. The lowest BCUT2D eigenvalue weighted by Crippen LogP contribution is -2.30. The summed E-state index contributed by atoms with van der Waals surface area (Å²) in [5, 5.41) is 2.47. The van der Waals surface area contributed by atoms with Crippen molar-refractivity contribution in [1.82, 2.24) is 10.2 Å². The second-order valence-electron chi connectivity index (χ2n) is 5.88. The third-order valence-corrected chi connectivity index (χ3v) is 3.96. The number of aryl methyl sites for hydroxylation is 1. The first-order valence-electron chi connectivity index (χ1n) is 8.18. The lowest BCUT2D eigenvalue weighted by Gasteiger charge is -2.24. The topological polar surface area (TPSA) is 41.6 Å². The van der Waals surface area contributed by atoms with E-state index in [1.165, 1.54) is 24.8 Å². The summed E-state index contributed by atoms with van der Waals surface area (Å²) in [5.74, 6) is 0. The van der Waals surface area contributed by atoms with E-state index in [-0.39, 0.29) is 6.09 Å². The molecule has 1 rings (SSSR count). The average molecular weight is 306 g/mol. The SMILES string of the molecule is CNC(=O)OCCC(CCCCCc1ccccc1)N(C)C. The van der Waals surface area contributed by atoms with Crippen molar-refractivity contribution in [3.05, 3.63) is 35.9 Å². The number of alkyl carbamates (subject to hydrolysis) is 1. The summed E-state index contributed by atoms with van der Waals surface area (Å²) < 4.78 is 5.08. The molecule has 0 saturated carbocycles. The Morgan fingerprint density at radius 3 is 2.50 bits per heavy atom. The lowest BCUT2D eigenvalue weighted by atomic mass is 10.0. The van der Waals surface area contributed by atoms with E-state index < -0.39 is 0 Å². The molecule has 0 aromatic heterocycles. The van der Waals surface area contributed by atoms with Crippen LogP contribution in [0, 0.1) is 0 Å². The minimum atomic E-state index is -0.347. The van der Waals surface area contributed by atoms with Crippen molar-refractivity contribution in [2.24, 2.45) is 0 Å². The molecule has 1 aromatic rings. The van der Waals surface area contributed by atoms with Crippen LogP contribution in [-0.2, 0) is 11.2 Å². The molecular weight excluding hydrogens is 276 g/mol. The average Bonchev–Trinajstić information content (AvgIpc) is 2.53. The summed E-state index contributed by atoms with van der Waals surface area (Å²) in [6, 6.07) is 11.1. The van der Waals surface area contributed by atoms with E-state index in [0.717, 1.165) is 19.3 Å². The van der Waals surface area contributed by atoms with Gasteiger partial charge in [-0.15, -0.1) is 0 Å². The molecule has 1 atom stereocenters. The quantitative estimate of drug-likeness (QED) is 0.673. The van der Waals surface area contributed by atoms with Crippen molar-refractivity contribution in [3.63, 3.8) is 0 Å². The molecule has 0 radical (unpaired) electrons. The van der Waals surface area contributed by atoms with Crippen molar-refractivity contribution < 1.29 is 9.53 Å². The molecule has 1 amide bonds. The van der Waals surface area contributed by atoms with Crippen LogP contribution in [0.5, 0.6) is 0 Å². The van der Waals surface area contributed by atoms with Gasteiger partial charge in [-0.25, -0.2) is 4.79 Å². The Kier molecular flexibility index (Phi) is 9.31. The molecule has 22 heavy (non-hydrogen) atoms. The largest absolute Gasteiger partial charge is 0.450 e. The van der Waals surface area contributed by atoms with Gasteiger partial charge >= 0.3 is 6.09 Å². The Morgan fingerprint density at radius 1 is 1.14 bits per heavy atom. The van der Waals surface area contributed by atoms with Crippen LogP contribution in [-0.4, -0.2) is 44.8 Å². The second-order valence-corrected chi connectivity index (χ2v) is 5.88. The number of hydrogen-bond donors (Lipinski definition) is 1. The van der Waals surface area contributed by atoms with E-state index in [4.69, 9.17) is 4.74 Å². The smallest absolute Gasteiger partial charge is 0.406 e. The third kappa shape index (κ3) is 8.03. The molecule has 0 saturated heterocycles. The van der Waals surface area contributed by atoms with Gasteiger partial charge in [0.15, 0.2) is 0 Å². The second kappa shape index (κ2) is 11.1. The summed E-state index contributed by atoms with van der Waals surface area (Å²) in [5.41, 5.74) is 1.42. The Morgan fingerprint density at radius 2 is 1.86 bits per heavy atom. The van der Waals surface area contributed by atoms with Gasteiger partial charge in [-0.2, -0.15) is 0 Å². The van der Waals surface area contributed by atoms with Crippen LogP contribution in [0.3, 0.4) is 0 Å². The minimum Gasteiger partial charge on any atom is -0.450 e. The van der Waals surface area contributed by atoms with Crippen molar-refractivity contribution in [2.45, 2.75) is 44.6 Å². The van der Waals surface area contributed by atoms with Crippen molar-refractivity contribution >= 4 is 6.09 Å². The highest BCUT2D eigenvalue weighted by Gasteiger charge is 2.12. The van der Waals surface area contributed by atoms with Crippen LogP contribution in [0.4, 0.5) is 4.79 Å². The van der Waals surface area contributed by atoms with E-state index in [1.54, 1.807) is 7.05 Å². The molecule has 0 bridgehead atoms. The highest BCUT2D eigenvalue weighted by molar-refractivity contribution is 5.66. The minimum absolute atomic E-state index is 0.347. The van der Waals surface area contributed by atoms with Gasteiger partial charge < -0.3 is 15.0 Å². The number of amides is 1. The summed E-state index contributed by atoms with van der Waals surface area (Å²) in [6.07, 6.45) is 6.55. The number of rotatable bonds is 10. The molecule has 0 fully saturated rings. The van der Waals surface area contributed by atoms with Crippen LogP contribution in [0.25, 0.3) is 0 Å². The maximum absolute atomic E-state index is 11.1. The van der Waals surface area contributed by atoms with Crippen molar-refractivity contribution in [3.8, 4) is 0 Å². The predicted octanol–water partition coefficient (Wildman–Crippen LogP) is 3.47. The van der Waals surface area contributed by atoms with E-state index in [0.29, 0.717) is 12.6 Å². The molecule has 0 aliphatic heterocycles. The van der Waals surface area contributed by atoms with Crippen molar-refractivity contribution in [1.29, 1.82) is 0 Å². The van der Waals surface area contributed by atoms with E-state index in [9.17, 15) is 4.79 Å². The van der Waals surface area contributed by atoms with Crippen LogP contribution < -0.4 is 5.32 Å². The molecular formula is C18H30N2O2. The van der Waals surface area contributed by atoms with Gasteiger partial charge in [-0.3, -0.25) is 0 Å². The molecule has 0 heterocycles. The standard InChI is InChI=1S/C18H30N2O2/c1-19-18(21)22-15-14-17(20(2)3)13-9-5-8-12-16-10-6-4-7-11-16/h4,6-7,10-11,17H,5,8-9,12-15H2,1-3H3,(H,19,21). The Labute approximate surface area is 134 Å². The maximum atomic E-state index is 11.1. The highest BCUT2D eigenvalue weighted by Crippen LogP contribution is 2.13. The maximum Gasteiger partial charge on any atom is 0.406 e. The first-order chi connectivity index (χ1) is 10.6. The first-order valence-corrected chi connectivity index (χ1v) is 8.18. The number of carbonyl (C=O) groups is 1. The van der Waals surface area contributed by atoms with Crippen LogP contribution in [0.1, 0.15) is 37.7 Å². The van der Waals surface area contributed by atoms with Gasteiger partial charge in [0.25, 0.3) is 0 Å². The molecule has 0 spiro atoms. The number of ether oxygens (including phenoxy) is 1. The number of unbranched alkanes of at least 4 members (excludes halogenated alkanes) is 2. The Hall–Kier alpha value is -1.55. The highest BCUT2D eigenvalue weighted by atomic mass is 16.5. The Bertz CT molecular complexity index is 407. The molecule has 1 aromatic carbocycles. The fraction of sp³-hybridized carbons (Fsp3) is 0.611. The number of nitrogens with one attached hydrogen (secondary N) is 1. The van der Waals surface area contributed by atoms with Gasteiger partial charge in [0.05, 0.1) is 6.61 Å². The number of hydrogen-bond acceptors (Lipinski definition) is 3. The zero-order valence-corrected chi connectivity index (χ0v) is 14.2. The number of benzene rings is 1. The van der Waals surface area contributed by atoms with Crippen LogP contribution in [0.15, 0.2) is 30.3 Å². The fourth-order valence-corrected chi connectivity index (χ4v) is 2.55. The lowest BCUT2D eigenvalue weighted by molar-refractivity contribution is 0.131. The van der Waals surface area contributed by atoms with Gasteiger partial charge in [-0.1, -0.05) is 43.2 Å². The number of carbonyl (C=O) groups excluding carboxylic acids is 1. The molecule has 0 aliphatic rings. The monoisotopic (exact) mass is 306 g/mol. The van der Waals surface area contributed by atoms with Crippen LogP contribution >= 0.6 is 0 Å². The third-order valence-electron chi connectivity index (χ3n) is 3.96. The zero-order valence-electron chi connectivity index (χ0n) is 14.2. The van der Waals surface area contributed by atoms with E-state index >= 15 is 0 Å². The Balaban J connectivity index is 2.14. The summed E-state index contributed by atoms with van der Waals surface area (Å²) in [7, 11) is 5.77. The molecule has 1 unspecified atom stereocenters. The van der Waals surface area contributed by atoms with Gasteiger partial charge in [-0.05, 0) is 45.3 Å².